The fourth-order valence-electron chi connectivity index (χ4n) is 3.73. The minimum atomic E-state index is -4.12. The van der Waals surface area contributed by atoms with Crippen molar-refractivity contribution in [1.29, 1.82) is 0 Å². The van der Waals surface area contributed by atoms with Crippen LogP contribution in [0.2, 0.25) is 0 Å². The fourth-order valence-corrected chi connectivity index (χ4v) is 6.43. The second-order valence-corrected chi connectivity index (χ2v) is 9.62. The van der Waals surface area contributed by atoms with Crippen molar-refractivity contribution in [2.45, 2.75) is 23.9 Å². The van der Waals surface area contributed by atoms with Crippen molar-refractivity contribution in [2.75, 3.05) is 12.3 Å². The summed E-state index contributed by atoms with van der Waals surface area (Å²) in [4.78, 5) is 37.4. The molecular weight excluding hydrogens is 422 g/mol. The van der Waals surface area contributed by atoms with Gasteiger partial charge in [0.15, 0.2) is 0 Å². The average Bonchev–Trinajstić information content (AvgIpc) is 3.07. The lowest BCUT2D eigenvalue weighted by atomic mass is 9.96. The number of hydrogen-bond acceptors (Lipinski definition) is 7. The Hall–Kier alpha value is -3.12. The van der Waals surface area contributed by atoms with Gasteiger partial charge in [0.25, 0.3) is 15.9 Å². The SMILES string of the molecule is Nc1sc2c(c1C(=O)O)CC(CN1C(=O)c3ccccc3S1(=O)=O)N(C(=O)O)C2. The summed E-state index contributed by atoms with van der Waals surface area (Å²) in [6, 6.07) is 4.81. The number of nitrogens with zero attached hydrogens (tertiary/aromatic N) is 2. The van der Waals surface area contributed by atoms with Gasteiger partial charge in [-0.15, -0.1) is 11.3 Å². The molecule has 0 aliphatic carbocycles. The van der Waals surface area contributed by atoms with Crippen LogP contribution >= 0.6 is 11.3 Å². The zero-order chi connectivity index (χ0) is 21.1. The maximum Gasteiger partial charge on any atom is 0.407 e. The number of nitrogen functional groups attached to an aromatic ring is 1. The highest BCUT2D eigenvalue weighted by Crippen LogP contribution is 2.38. The van der Waals surface area contributed by atoms with Crippen LogP contribution in [-0.2, 0) is 23.0 Å². The number of carbonyl (C=O) groups excluding carboxylic acids is 1. The van der Waals surface area contributed by atoms with Crippen LogP contribution in [0, 0.1) is 0 Å². The molecule has 0 radical (unpaired) electrons. The number of aromatic carboxylic acids is 1. The van der Waals surface area contributed by atoms with Crippen LogP contribution < -0.4 is 5.73 Å². The highest BCUT2D eigenvalue weighted by molar-refractivity contribution is 7.90. The van der Waals surface area contributed by atoms with E-state index in [1.165, 1.54) is 18.2 Å². The van der Waals surface area contributed by atoms with Crippen molar-refractivity contribution >= 4 is 44.3 Å². The molecule has 29 heavy (non-hydrogen) atoms. The Morgan fingerprint density at radius 1 is 1.24 bits per heavy atom. The maximum absolute atomic E-state index is 12.8. The van der Waals surface area contributed by atoms with Gasteiger partial charge < -0.3 is 15.9 Å². The van der Waals surface area contributed by atoms with E-state index in [0.29, 0.717) is 14.7 Å². The summed E-state index contributed by atoms with van der Waals surface area (Å²) in [5.74, 6) is -1.97. The second kappa shape index (κ2) is 6.46. The Labute approximate surface area is 168 Å². The number of thiophene rings is 1. The Bertz CT molecular complexity index is 1170. The Morgan fingerprint density at radius 3 is 2.55 bits per heavy atom. The number of carboxylic acids is 1. The number of amides is 2. The highest BCUT2D eigenvalue weighted by Gasteiger charge is 2.44. The highest BCUT2D eigenvalue weighted by atomic mass is 32.2. The van der Waals surface area contributed by atoms with Gasteiger partial charge in [0.2, 0.25) is 0 Å². The smallest absolute Gasteiger partial charge is 0.407 e. The average molecular weight is 437 g/mol. The summed E-state index contributed by atoms with van der Waals surface area (Å²) in [6.45, 7) is -0.553. The summed E-state index contributed by atoms with van der Waals surface area (Å²) < 4.78 is 26.2. The first-order valence-electron chi connectivity index (χ1n) is 8.42. The molecular formula is C17H15N3O7S2. The molecule has 0 saturated heterocycles. The molecule has 3 heterocycles. The second-order valence-electron chi connectivity index (χ2n) is 6.65. The number of anilines is 1. The summed E-state index contributed by atoms with van der Waals surface area (Å²) >= 11 is 0.994. The third-order valence-corrected chi connectivity index (χ3v) is 7.91. The van der Waals surface area contributed by atoms with Gasteiger partial charge in [0.05, 0.1) is 30.3 Å². The van der Waals surface area contributed by atoms with E-state index in [2.05, 4.69) is 0 Å². The minimum Gasteiger partial charge on any atom is -0.478 e. The zero-order valence-corrected chi connectivity index (χ0v) is 16.4. The van der Waals surface area contributed by atoms with Crippen molar-refractivity contribution in [3.05, 3.63) is 45.8 Å². The predicted octanol–water partition coefficient (Wildman–Crippen LogP) is 1.28. The van der Waals surface area contributed by atoms with Gasteiger partial charge in [-0.1, -0.05) is 12.1 Å². The van der Waals surface area contributed by atoms with Crippen LogP contribution in [0.5, 0.6) is 0 Å². The summed E-state index contributed by atoms with van der Waals surface area (Å²) in [5.41, 5.74) is 6.09. The van der Waals surface area contributed by atoms with Gasteiger partial charge >= 0.3 is 12.1 Å². The van der Waals surface area contributed by atoms with Crippen molar-refractivity contribution in [2.24, 2.45) is 0 Å². The first kappa shape index (κ1) is 19.2. The Morgan fingerprint density at radius 2 is 1.93 bits per heavy atom. The van der Waals surface area contributed by atoms with Gasteiger partial charge in [-0.05, 0) is 24.1 Å². The lowest BCUT2D eigenvalue weighted by Gasteiger charge is -2.35. The van der Waals surface area contributed by atoms with Crippen LogP contribution in [0.3, 0.4) is 0 Å². The third kappa shape index (κ3) is 2.83. The van der Waals surface area contributed by atoms with E-state index in [9.17, 15) is 33.0 Å². The van der Waals surface area contributed by atoms with E-state index < -0.39 is 40.6 Å². The molecule has 4 N–H and O–H groups in total. The number of nitrogens with two attached hydrogens (primary N) is 1. The van der Waals surface area contributed by atoms with E-state index >= 15 is 0 Å². The van der Waals surface area contributed by atoms with Crippen molar-refractivity contribution in [3.63, 3.8) is 0 Å². The largest absolute Gasteiger partial charge is 0.478 e. The van der Waals surface area contributed by atoms with E-state index in [1.54, 1.807) is 6.07 Å². The summed E-state index contributed by atoms with van der Waals surface area (Å²) in [5, 5.41) is 19.1. The topological polar surface area (TPSA) is 158 Å². The lowest BCUT2D eigenvalue weighted by Crippen LogP contribution is -2.50. The summed E-state index contributed by atoms with van der Waals surface area (Å²) in [7, 11) is -4.12. The van der Waals surface area contributed by atoms with Gasteiger partial charge in [-0.3, -0.25) is 9.69 Å². The fraction of sp³-hybridized carbons (Fsp3) is 0.235. The van der Waals surface area contributed by atoms with Crippen molar-refractivity contribution in [3.8, 4) is 0 Å². The molecule has 0 fully saturated rings. The molecule has 0 saturated carbocycles. The lowest BCUT2D eigenvalue weighted by molar-refractivity contribution is 0.0692. The van der Waals surface area contributed by atoms with Crippen LogP contribution in [0.25, 0.3) is 0 Å². The molecule has 0 spiro atoms. The van der Waals surface area contributed by atoms with Gasteiger partial charge in [-0.2, -0.15) is 0 Å². The molecule has 12 heteroatoms. The molecule has 0 bridgehead atoms. The Balaban J connectivity index is 1.72. The first-order chi connectivity index (χ1) is 13.6. The molecule has 4 rings (SSSR count). The van der Waals surface area contributed by atoms with Gasteiger partial charge in [0, 0.05) is 4.88 Å². The van der Waals surface area contributed by atoms with E-state index in [4.69, 9.17) is 5.73 Å². The van der Waals surface area contributed by atoms with E-state index in [-0.39, 0.29) is 34.0 Å². The number of carbonyl (C=O) groups is 3. The van der Waals surface area contributed by atoms with Crippen LogP contribution in [-0.4, -0.2) is 58.4 Å². The van der Waals surface area contributed by atoms with Gasteiger partial charge in [0.1, 0.15) is 9.90 Å². The molecule has 152 valence electrons. The van der Waals surface area contributed by atoms with Crippen LogP contribution in [0.4, 0.5) is 9.80 Å². The molecule has 1 aromatic heterocycles. The number of hydrogen-bond donors (Lipinski definition) is 3. The zero-order valence-electron chi connectivity index (χ0n) is 14.7. The normalized spacial score (nSPS) is 19.7. The van der Waals surface area contributed by atoms with E-state index in [0.717, 1.165) is 16.2 Å². The standard InChI is InChI=1S/C17H15N3O7S2/c18-14-13(16(22)23)10-5-8(19(17(24)25)7-11(10)28-14)6-20-15(21)9-3-1-2-4-12(9)29(20,26)27/h1-4,8H,5-7,18H2,(H,22,23)(H,24,25). The molecule has 2 aromatic rings. The third-order valence-electron chi connectivity index (χ3n) is 5.06. The number of benzene rings is 1. The molecule has 1 atom stereocenters. The number of sulfonamides is 1. The minimum absolute atomic E-state index is 0.0249. The quantitative estimate of drug-likeness (QED) is 0.648. The van der Waals surface area contributed by atoms with Crippen molar-refractivity contribution in [1.82, 2.24) is 9.21 Å². The molecule has 2 amide bonds. The number of rotatable bonds is 3. The Kier molecular flexibility index (Phi) is 4.28. The van der Waals surface area contributed by atoms with Crippen LogP contribution in [0.15, 0.2) is 29.2 Å². The summed E-state index contributed by atoms with van der Waals surface area (Å²) in [6.07, 6.45) is -1.36. The predicted molar refractivity (Wildman–Crippen MR) is 101 cm³/mol. The van der Waals surface area contributed by atoms with E-state index in [1.807, 2.05) is 0 Å². The van der Waals surface area contributed by atoms with Crippen molar-refractivity contribution < 1.29 is 33.0 Å². The molecule has 1 unspecified atom stereocenters. The molecule has 10 nitrogen and oxygen atoms in total. The molecule has 2 aliphatic rings. The maximum atomic E-state index is 12.8. The number of carboxylic acid groups (broad SMARTS) is 2. The molecule has 1 aromatic carbocycles. The van der Waals surface area contributed by atoms with Crippen LogP contribution in [0.1, 0.15) is 31.2 Å². The molecule has 2 aliphatic heterocycles. The monoisotopic (exact) mass is 437 g/mol. The van der Waals surface area contributed by atoms with Gasteiger partial charge in [-0.25, -0.2) is 22.3 Å². The first-order valence-corrected chi connectivity index (χ1v) is 10.7. The number of fused-ring (bicyclic) bond motifs is 2.